The van der Waals surface area contributed by atoms with E-state index in [1.807, 2.05) is 24.3 Å². The lowest BCUT2D eigenvalue weighted by Crippen LogP contribution is -2.52. The summed E-state index contributed by atoms with van der Waals surface area (Å²) in [6, 6.07) is 20.8. The predicted molar refractivity (Wildman–Crippen MR) is 97.3 cm³/mol. The molecule has 0 aliphatic heterocycles. The molecule has 3 rings (SSSR count). The molecule has 0 radical (unpaired) electrons. The van der Waals surface area contributed by atoms with Crippen molar-refractivity contribution >= 4 is 26.7 Å². The zero-order chi connectivity index (χ0) is 18.1. The van der Waals surface area contributed by atoms with Crippen LogP contribution in [0.2, 0.25) is 0 Å². The first-order valence-corrected chi connectivity index (χ1v) is 9.19. The molecule has 0 bridgehead atoms. The number of carbonyl (C=O) groups excluding carboxylic acids is 1. The van der Waals surface area contributed by atoms with Crippen molar-refractivity contribution in [2.24, 2.45) is 5.73 Å². The number of hydrogen-bond donors (Lipinski definition) is 2. The van der Waals surface area contributed by atoms with Gasteiger partial charge in [0.25, 0.3) is 0 Å². The number of nitrogens with one attached hydrogen (secondary N) is 1. The average Bonchev–Trinajstić information content (AvgIpc) is 2.61. The van der Waals surface area contributed by atoms with Gasteiger partial charge in [0.15, 0.2) is 0 Å². The van der Waals surface area contributed by atoms with E-state index in [1.54, 1.807) is 42.5 Å². The number of primary amides is 1. The van der Waals surface area contributed by atoms with Gasteiger partial charge in [-0.1, -0.05) is 60.7 Å². The Labute approximate surface area is 146 Å². The monoisotopic (exact) mass is 354 g/mol. The number of amides is 1. The summed E-state index contributed by atoms with van der Waals surface area (Å²) in [7, 11) is -3.95. The topological polar surface area (TPSA) is 89.3 Å². The average molecular weight is 354 g/mol. The summed E-state index contributed by atoms with van der Waals surface area (Å²) < 4.78 is 28.2. The van der Waals surface area contributed by atoms with Crippen molar-refractivity contribution in [1.29, 1.82) is 0 Å². The molecule has 0 heterocycles. The summed E-state index contributed by atoms with van der Waals surface area (Å²) in [5, 5.41) is 1.73. The molecular weight excluding hydrogens is 336 g/mol. The number of sulfonamides is 1. The fourth-order valence-electron chi connectivity index (χ4n) is 2.69. The SMILES string of the molecule is C[C@@](NS(=O)(=O)c1ccc2ccccc2c1)(C(N)=O)c1ccccc1. The quantitative estimate of drug-likeness (QED) is 0.738. The summed E-state index contributed by atoms with van der Waals surface area (Å²) in [5.41, 5.74) is 4.44. The van der Waals surface area contributed by atoms with Crippen LogP contribution in [0.1, 0.15) is 12.5 Å². The molecule has 0 unspecified atom stereocenters. The first-order valence-electron chi connectivity index (χ1n) is 7.71. The predicted octanol–water partition coefficient (Wildman–Crippen LogP) is 2.52. The fraction of sp³-hybridized carbons (Fsp3) is 0.105. The van der Waals surface area contributed by atoms with Gasteiger partial charge in [0, 0.05) is 0 Å². The summed E-state index contributed by atoms with van der Waals surface area (Å²) in [6.45, 7) is 1.46. The Morgan fingerprint density at radius 3 is 2.16 bits per heavy atom. The summed E-state index contributed by atoms with van der Waals surface area (Å²) in [4.78, 5) is 12.1. The molecule has 5 nitrogen and oxygen atoms in total. The highest BCUT2D eigenvalue weighted by atomic mass is 32.2. The minimum atomic E-state index is -3.95. The standard InChI is InChI=1S/C19H18N2O3S/c1-19(18(20)22,16-9-3-2-4-10-16)21-25(23,24)17-12-11-14-7-5-6-8-15(14)13-17/h2-13,21H,1H3,(H2,20,22)/t19-/m0/s1. The molecule has 0 aromatic heterocycles. The number of carbonyl (C=O) groups is 1. The highest BCUT2D eigenvalue weighted by Gasteiger charge is 2.37. The van der Waals surface area contributed by atoms with Crippen molar-refractivity contribution in [2.75, 3.05) is 0 Å². The third kappa shape index (κ3) is 3.26. The van der Waals surface area contributed by atoms with Gasteiger partial charge < -0.3 is 5.73 Å². The van der Waals surface area contributed by atoms with E-state index in [0.717, 1.165) is 10.8 Å². The molecule has 0 saturated carbocycles. The van der Waals surface area contributed by atoms with Gasteiger partial charge in [0.1, 0.15) is 5.54 Å². The largest absolute Gasteiger partial charge is 0.368 e. The third-order valence-corrected chi connectivity index (χ3v) is 5.77. The first kappa shape index (κ1) is 17.1. The van der Waals surface area contributed by atoms with Crippen molar-refractivity contribution in [3.63, 3.8) is 0 Å². The van der Waals surface area contributed by atoms with Crippen LogP contribution in [0.3, 0.4) is 0 Å². The molecule has 0 aliphatic carbocycles. The third-order valence-electron chi connectivity index (χ3n) is 4.21. The number of rotatable bonds is 5. The second-order valence-electron chi connectivity index (χ2n) is 5.97. The summed E-state index contributed by atoms with van der Waals surface area (Å²) in [5.74, 6) is -0.775. The van der Waals surface area contributed by atoms with E-state index in [-0.39, 0.29) is 4.90 Å². The molecular formula is C19H18N2O3S. The molecule has 128 valence electrons. The minimum absolute atomic E-state index is 0.0783. The molecule has 0 aliphatic rings. The Morgan fingerprint density at radius 1 is 0.920 bits per heavy atom. The molecule has 25 heavy (non-hydrogen) atoms. The van der Waals surface area contributed by atoms with Gasteiger partial charge in [0.05, 0.1) is 4.90 Å². The molecule has 3 aromatic rings. The maximum atomic E-state index is 12.9. The van der Waals surface area contributed by atoms with Crippen LogP contribution < -0.4 is 10.5 Å². The highest BCUT2D eigenvalue weighted by molar-refractivity contribution is 7.89. The number of fused-ring (bicyclic) bond motifs is 1. The van der Waals surface area contributed by atoms with Crippen molar-refractivity contribution < 1.29 is 13.2 Å². The van der Waals surface area contributed by atoms with Gasteiger partial charge >= 0.3 is 0 Å². The zero-order valence-corrected chi connectivity index (χ0v) is 14.5. The van der Waals surface area contributed by atoms with Crippen LogP contribution in [0.5, 0.6) is 0 Å². The Balaban J connectivity index is 2.04. The molecule has 0 saturated heterocycles. The number of benzene rings is 3. The van der Waals surface area contributed by atoms with Crippen LogP contribution >= 0.6 is 0 Å². The normalized spacial score (nSPS) is 14.1. The lowest BCUT2D eigenvalue weighted by atomic mass is 9.93. The lowest BCUT2D eigenvalue weighted by Gasteiger charge is -2.27. The summed E-state index contributed by atoms with van der Waals surface area (Å²) >= 11 is 0. The molecule has 3 aromatic carbocycles. The van der Waals surface area contributed by atoms with E-state index < -0.39 is 21.5 Å². The molecule has 0 spiro atoms. The number of nitrogens with two attached hydrogens (primary N) is 1. The lowest BCUT2D eigenvalue weighted by molar-refractivity contribution is -0.123. The van der Waals surface area contributed by atoms with Crippen LogP contribution in [0, 0.1) is 0 Å². The fourth-order valence-corrected chi connectivity index (χ4v) is 4.09. The van der Waals surface area contributed by atoms with Gasteiger partial charge in [-0.3, -0.25) is 4.79 Å². The highest BCUT2D eigenvalue weighted by Crippen LogP contribution is 2.25. The number of hydrogen-bond acceptors (Lipinski definition) is 3. The summed E-state index contributed by atoms with van der Waals surface area (Å²) in [6.07, 6.45) is 0. The van der Waals surface area contributed by atoms with Crippen molar-refractivity contribution in [2.45, 2.75) is 17.4 Å². The Kier molecular flexibility index (Phi) is 4.32. The minimum Gasteiger partial charge on any atom is -0.368 e. The molecule has 0 fully saturated rings. The van der Waals surface area contributed by atoms with Crippen molar-refractivity contribution in [3.05, 3.63) is 78.4 Å². The van der Waals surface area contributed by atoms with Crippen molar-refractivity contribution in [3.8, 4) is 0 Å². The van der Waals surface area contributed by atoms with Gasteiger partial charge in [-0.25, -0.2) is 8.42 Å². The van der Waals surface area contributed by atoms with Crippen LogP contribution in [-0.2, 0) is 20.4 Å². The van der Waals surface area contributed by atoms with E-state index >= 15 is 0 Å². The van der Waals surface area contributed by atoms with E-state index in [9.17, 15) is 13.2 Å². The molecule has 1 atom stereocenters. The van der Waals surface area contributed by atoms with Crippen LogP contribution in [0.15, 0.2) is 77.7 Å². The molecule has 3 N–H and O–H groups in total. The smallest absolute Gasteiger partial charge is 0.243 e. The van der Waals surface area contributed by atoms with Crippen molar-refractivity contribution in [1.82, 2.24) is 4.72 Å². The molecule has 6 heteroatoms. The maximum absolute atomic E-state index is 12.9. The second kappa shape index (κ2) is 6.31. The maximum Gasteiger partial charge on any atom is 0.243 e. The van der Waals surface area contributed by atoms with Gasteiger partial charge in [-0.15, -0.1) is 0 Å². The first-order chi connectivity index (χ1) is 11.8. The van der Waals surface area contributed by atoms with Crippen LogP contribution in [-0.4, -0.2) is 14.3 Å². The Bertz CT molecular complexity index is 1030. The van der Waals surface area contributed by atoms with E-state index in [4.69, 9.17) is 5.73 Å². The van der Waals surface area contributed by atoms with E-state index in [1.165, 1.54) is 13.0 Å². The van der Waals surface area contributed by atoms with Gasteiger partial charge in [-0.05, 0) is 35.4 Å². The van der Waals surface area contributed by atoms with Gasteiger partial charge in [-0.2, -0.15) is 4.72 Å². The second-order valence-corrected chi connectivity index (χ2v) is 7.65. The zero-order valence-electron chi connectivity index (χ0n) is 13.6. The van der Waals surface area contributed by atoms with E-state index in [0.29, 0.717) is 5.56 Å². The van der Waals surface area contributed by atoms with Crippen LogP contribution in [0.25, 0.3) is 10.8 Å². The van der Waals surface area contributed by atoms with Crippen LogP contribution in [0.4, 0.5) is 0 Å². The Hall–Kier alpha value is -2.70. The van der Waals surface area contributed by atoms with Gasteiger partial charge in [0.2, 0.25) is 15.9 Å². The Morgan fingerprint density at radius 2 is 1.52 bits per heavy atom. The van der Waals surface area contributed by atoms with E-state index in [2.05, 4.69) is 4.72 Å². The molecule has 1 amide bonds.